The van der Waals surface area contributed by atoms with Gasteiger partial charge in [0.05, 0.1) is 11.0 Å². The number of ether oxygens (including phenoxy) is 1. The highest BCUT2D eigenvalue weighted by Crippen LogP contribution is 2.33. The zero-order valence-corrected chi connectivity index (χ0v) is 9.29. The highest BCUT2D eigenvalue weighted by Gasteiger charge is 2.29. The third kappa shape index (κ3) is 2.56. The Balaban J connectivity index is 2.43. The maximum absolute atomic E-state index is 10.9. The van der Waals surface area contributed by atoms with Crippen LogP contribution in [0.3, 0.4) is 0 Å². The van der Waals surface area contributed by atoms with E-state index in [1.54, 1.807) is 6.92 Å². The molecule has 0 aliphatic heterocycles. The molecule has 1 aliphatic rings. The van der Waals surface area contributed by atoms with E-state index in [0.29, 0.717) is 5.56 Å². The number of nitro benzene ring substituents is 1. The smallest absolute Gasteiger partial charge is 0.484 e. The molecule has 0 spiro atoms. The maximum Gasteiger partial charge on any atom is 0.488 e. The van der Waals surface area contributed by atoms with E-state index < -0.39 is 12.0 Å². The predicted octanol–water partition coefficient (Wildman–Crippen LogP) is 0.124. The van der Waals surface area contributed by atoms with Crippen LogP contribution in [0.15, 0.2) is 12.1 Å². The van der Waals surface area contributed by atoms with E-state index in [-0.39, 0.29) is 23.0 Å². The quantitative estimate of drug-likeness (QED) is 0.440. The molecule has 6 nitrogen and oxygen atoms in total. The van der Waals surface area contributed by atoms with Crippen molar-refractivity contribution >= 4 is 18.3 Å². The van der Waals surface area contributed by atoms with E-state index in [1.807, 2.05) is 0 Å². The largest absolute Gasteiger partial charge is 0.488 e. The molecule has 0 radical (unpaired) electrons. The Morgan fingerprint density at radius 3 is 2.59 bits per heavy atom. The molecule has 1 aromatic carbocycles. The minimum absolute atomic E-state index is 0.0140. The van der Waals surface area contributed by atoms with E-state index in [9.17, 15) is 10.1 Å². The molecule has 0 bridgehead atoms. The van der Waals surface area contributed by atoms with Crippen LogP contribution in [0.25, 0.3) is 0 Å². The van der Waals surface area contributed by atoms with Gasteiger partial charge in [-0.05, 0) is 36.9 Å². The number of nitrogens with zero attached hydrogens (tertiary/aromatic N) is 1. The van der Waals surface area contributed by atoms with Gasteiger partial charge in [-0.1, -0.05) is 0 Å². The summed E-state index contributed by atoms with van der Waals surface area (Å²) < 4.78 is 5.40. The van der Waals surface area contributed by atoms with Crippen LogP contribution in [0.5, 0.6) is 5.75 Å². The lowest BCUT2D eigenvalue weighted by molar-refractivity contribution is -0.386. The molecule has 1 aromatic rings. The lowest BCUT2D eigenvalue weighted by Gasteiger charge is -2.10. The number of rotatable bonds is 4. The van der Waals surface area contributed by atoms with Crippen LogP contribution in [0, 0.1) is 17.0 Å². The van der Waals surface area contributed by atoms with Crippen molar-refractivity contribution in [2.24, 2.45) is 0 Å². The fourth-order valence-corrected chi connectivity index (χ4v) is 1.57. The van der Waals surface area contributed by atoms with Crippen LogP contribution in [-0.4, -0.2) is 28.2 Å². The Labute approximate surface area is 98.1 Å². The lowest BCUT2D eigenvalue weighted by atomic mass is 9.77. The van der Waals surface area contributed by atoms with E-state index in [2.05, 4.69) is 0 Å². The number of nitro groups is 1. The molecule has 0 atom stereocenters. The normalized spacial score (nSPS) is 14.5. The molecule has 1 fully saturated rings. The van der Waals surface area contributed by atoms with Gasteiger partial charge in [0.2, 0.25) is 0 Å². The van der Waals surface area contributed by atoms with Gasteiger partial charge in [-0.2, -0.15) is 0 Å². The first-order valence-corrected chi connectivity index (χ1v) is 5.30. The minimum Gasteiger partial charge on any atom is -0.484 e. The van der Waals surface area contributed by atoms with Crippen LogP contribution in [-0.2, 0) is 0 Å². The van der Waals surface area contributed by atoms with E-state index in [0.717, 1.165) is 12.8 Å². The van der Waals surface area contributed by atoms with Gasteiger partial charge in [0.25, 0.3) is 0 Å². The van der Waals surface area contributed by atoms with Gasteiger partial charge in [0.1, 0.15) is 0 Å². The predicted molar refractivity (Wildman–Crippen MR) is 61.3 cm³/mol. The first-order valence-electron chi connectivity index (χ1n) is 5.30. The van der Waals surface area contributed by atoms with Gasteiger partial charge >= 0.3 is 12.8 Å². The van der Waals surface area contributed by atoms with Crippen LogP contribution >= 0.6 is 0 Å². The molecule has 2 N–H and O–H groups in total. The summed E-state index contributed by atoms with van der Waals surface area (Å²) in [5.41, 5.74) is 0.542. The molecule has 1 saturated carbocycles. The molecule has 0 saturated heterocycles. The summed E-state index contributed by atoms with van der Waals surface area (Å²) in [5.74, 6) is 0.103. The number of aryl methyl sites for hydroxylation is 1. The second kappa shape index (κ2) is 4.35. The maximum atomic E-state index is 10.9. The average molecular weight is 237 g/mol. The fraction of sp³-hybridized carbons (Fsp3) is 0.400. The second-order valence-electron chi connectivity index (χ2n) is 4.12. The first kappa shape index (κ1) is 11.9. The monoisotopic (exact) mass is 237 g/mol. The van der Waals surface area contributed by atoms with Crippen molar-refractivity contribution < 1.29 is 19.7 Å². The summed E-state index contributed by atoms with van der Waals surface area (Å²) in [4.78, 5) is 10.3. The van der Waals surface area contributed by atoms with Crippen molar-refractivity contribution in [3.8, 4) is 5.75 Å². The fourth-order valence-electron chi connectivity index (χ4n) is 1.57. The van der Waals surface area contributed by atoms with Gasteiger partial charge in [-0.3, -0.25) is 10.1 Å². The molecule has 2 rings (SSSR count). The van der Waals surface area contributed by atoms with Gasteiger partial charge in [-0.15, -0.1) is 0 Å². The number of hydrogen-bond acceptors (Lipinski definition) is 5. The van der Waals surface area contributed by atoms with E-state index >= 15 is 0 Å². The van der Waals surface area contributed by atoms with Crippen molar-refractivity contribution in [1.82, 2.24) is 0 Å². The van der Waals surface area contributed by atoms with E-state index in [1.165, 1.54) is 12.1 Å². The topological polar surface area (TPSA) is 92.8 Å². The van der Waals surface area contributed by atoms with Crippen molar-refractivity contribution in [1.29, 1.82) is 0 Å². The third-order valence-corrected chi connectivity index (χ3v) is 2.64. The van der Waals surface area contributed by atoms with E-state index in [4.69, 9.17) is 14.8 Å². The second-order valence-corrected chi connectivity index (χ2v) is 4.12. The molecule has 17 heavy (non-hydrogen) atoms. The summed E-state index contributed by atoms with van der Waals surface area (Å²) in [7, 11) is -1.66. The highest BCUT2D eigenvalue weighted by molar-refractivity contribution is 6.59. The zero-order chi connectivity index (χ0) is 12.6. The Morgan fingerprint density at radius 1 is 1.47 bits per heavy atom. The minimum atomic E-state index is -1.66. The van der Waals surface area contributed by atoms with Crippen LogP contribution in [0.1, 0.15) is 18.4 Å². The van der Waals surface area contributed by atoms with Crippen LogP contribution in [0.2, 0.25) is 0 Å². The van der Waals surface area contributed by atoms with Gasteiger partial charge in [0, 0.05) is 6.07 Å². The number of benzene rings is 1. The molecular formula is C10H12BNO5. The summed E-state index contributed by atoms with van der Waals surface area (Å²) in [6.45, 7) is 1.59. The molecule has 0 heterocycles. The standard InChI is InChI=1S/C10H12BNO5/c1-6-4-9(12(15)16)10(17-7-2-3-7)5-8(6)11(13)14/h4-5,7,13-14H,2-3H2,1H3. The van der Waals surface area contributed by atoms with Crippen molar-refractivity contribution in [2.45, 2.75) is 25.9 Å². The molecule has 0 unspecified atom stereocenters. The molecule has 90 valence electrons. The van der Waals surface area contributed by atoms with Crippen LogP contribution in [0.4, 0.5) is 5.69 Å². The van der Waals surface area contributed by atoms with Crippen LogP contribution < -0.4 is 10.2 Å². The highest BCUT2D eigenvalue weighted by atomic mass is 16.6. The lowest BCUT2D eigenvalue weighted by Crippen LogP contribution is -2.32. The Hall–Kier alpha value is -1.60. The van der Waals surface area contributed by atoms with Gasteiger partial charge in [0.15, 0.2) is 5.75 Å². The Morgan fingerprint density at radius 2 is 2.12 bits per heavy atom. The molecular weight excluding hydrogens is 225 g/mol. The molecule has 1 aliphatic carbocycles. The van der Waals surface area contributed by atoms with Gasteiger partial charge < -0.3 is 14.8 Å². The summed E-state index contributed by atoms with van der Waals surface area (Å²) >= 11 is 0. The summed E-state index contributed by atoms with van der Waals surface area (Å²) in [6.07, 6.45) is 1.77. The van der Waals surface area contributed by atoms with Crippen molar-refractivity contribution in [3.05, 3.63) is 27.8 Å². The SMILES string of the molecule is Cc1cc([N+](=O)[O-])c(OC2CC2)cc1B(O)O. The molecule has 7 heteroatoms. The van der Waals surface area contributed by atoms with Crippen molar-refractivity contribution in [3.63, 3.8) is 0 Å². The zero-order valence-electron chi connectivity index (χ0n) is 9.29. The Bertz CT molecular complexity index is 458. The average Bonchev–Trinajstić information content (AvgIpc) is 3.03. The summed E-state index contributed by atoms with van der Waals surface area (Å²) in [5, 5.41) is 29.1. The van der Waals surface area contributed by atoms with Gasteiger partial charge in [-0.25, -0.2) is 0 Å². The third-order valence-electron chi connectivity index (χ3n) is 2.64. The number of hydrogen-bond donors (Lipinski definition) is 2. The molecule has 0 aromatic heterocycles. The molecule has 0 amide bonds. The Kier molecular flexibility index (Phi) is 3.04. The summed E-state index contributed by atoms with van der Waals surface area (Å²) in [6, 6.07) is 2.63. The first-order chi connectivity index (χ1) is 7.99. The van der Waals surface area contributed by atoms with Crippen molar-refractivity contribution in [2.75, 3.05) is 0 Å².